The van der Waals surface area contributed by atoms with E-state index >= 15 is 0 Å². The number of nitrogens with zero attached hydrogens (tertiary/aromatic N) is 2. The molecule has 0 bridgehead atoms. The van der Waals surface area contributed by atoms with Crippen LogP contribution in [0.2, 0.25) is 0 Å². The van der Waals surface area contributed by atoms with Crippen LogP contribution in [0.4, 0.5) is 5.69 Å². The number of nitrogens with one attached hydrogen (secondary N) is 1. The van der Waals surface area contributed by atoms with Gasteiger partial charge in [0.15, 0.2) is 0 Å². The van der Waals surface area contributed by atoms with Gasteiger partial charge in [-0.15, -0.1) is 0 Å². The van der Waals surface area contributed by atoms with Crippen LogP contribution >= 0.6 is 0 Å². The van der Waals surface area contributed by atoms with E-state index in [1.54, 1.807) is 36.4 Å². The number of methoxy groups -OCH3 is 1. The van der Waals surface area contributed by atoms with Crippen molar-refractivity contribution in [3.63, 3.8) is 0 Å². The average Bonchev–Trinajstić information content (AvgIpc) is 3.39. The first kappa shape index (κ1) is 23.3. The van der Waals surface area contributed by atoms with Gasteiger partial charge >= 0.3 is 0 Å². The lowest BCUT2D eigenvalue weighted by Gasteiger charge is -2.31. The van der Waals surface area contributed by atoms with Gasteiger partial charge in [-0.05, 0) is 68.1 Å². The zero-order valence-corrected chi connectivity index (χ0v) is 19.5. The van der Waals surface area contributed by atoms with Gasteiger partial charge in [0.1, 0.15) is 5.75 Å². The van der Waals surface area contributed by atoms with Gasteiger partial charge < -0.3 is 15.0 Å². The molecule has 2 aromatic carbocycles. The summed E-state index contributed by atoms with van der Waals surface area (Å²) in [6.07, 6.45) is 3.23. The van der Waals surface area contributed by atoms with Gasteiger partial charge in [-0.25, -0.2) is 8.42 Å². The summed E-state index contributed by atoms with van der Waals surface area (Å²) in [6.45, 7) is 2.01. The Morgan fingerprint density at radius 2 is 1.73 bits per heavy atom. The minimum Gasteiger partial charge on any atom is -0.497 e. The molecule has 2 heterocycles. The molecular weight excluding hydrogens is 442 g/mol. The Kier molecular flexibility index (Phi) is 6.99. The third-order valence-corrected chi connectivity index (χ3v) is 8.10. The van der Waals surface area contributed by atoms with E-state index in [-0.39, 0.29) is 23.3 Å². The lowest BCUT2D eigenvalue weighted by molar-refractivity contribution is -0.120. The van der Waals surface area contributed by atoms with Crippen LogP contribution in [0.3, 0.4) is 0 Å². The van der Waals surface area contributed by atoms with Crippen LogP contribution in [0, 0.1) is 5.92 Å². The van der Waals surface area contributed by atoms with E-state index in [0.717, 1.165) is 25.9 Å². The first-order chi connectivity index (χ1) is 15.9. The fraction of sp³-hybridized carbons (Fsp3) is 0.417. The van der Waals surface area contributed by atoms with E-state index in [4.69, 9.17) is 4.74 Å². The van der Waals surface area contributed by atoms with Crippen molar-refractivity contribution >= 4 is 27.5 Å². The van der Waals surface area contributed by atoms with Crippen LogP contribution < -0.4 is 10.1 Å². The summed E-state index contributed by atoms with van der Waals surface area (Å²) in [5.74, 6) is -0.159. The van der Waals surface area contributed by atoms with Crippen molar-refractivity contribution in [2.75, 3.05) is 38.6 Å². The molecule has 0 aliphatic carbocycles. The molecule has 33 heavy (non-hydrogen) atoms. The number of benzene rings is 2. The fourth-order valence-electron chi connectivity index (χ4n) is 4.35. The summed E-state index contributed by atoms with van der Waals surface area (Å²) in [4.78, 5) is 27.6. The van der Waals surface area contributed by atoms with Crippen LogP contribution in [0.15, 0.2) is 53.4 Å². The number of ether oxygens (including phenoxy) is 1. The molecule has 0 saturated carbocycles. The van der Waals surface area contributed by atoms with E-state index < -0.39 is 15.9 Å². The maximum atomic E-state index is 13.1. The average molecular weight is 472 g/mol. The second-order valence-corrected chi connectivity index (χ2v) is 10.4. The first-order valence-corrected chi connectivity index (χ1v) is 12.7. The number of rotatable bonds is 6. The normalized spacial score (nSPS) is 19.3. The molecule has 2 fully saturated rings. The van der Waals surface area contributed by atoms with E-state index in [2.05, 4.69) is 5.32 Å². The Balaban J connectivity index is 1.42. The monoisotopic (exact) mass is 471 g/mol. The van der Waals surface area contributed by atoms with E-state index in [1.165, 1.54) is 23.5 Å². The van der Waals surface area contributed by atoms with Crippen molar-refractivity contribution in [1.29, 1.82) is 0 Å². The number of anilines is 1. The Morgan fingerprint density at radius 1 is 1.00 bits per heavy atom. The lowest BCUT2D eigenvalue weighted by Crippen LogP contribution is -2.43. The third kappa shape index (κ3) is 5.20. The van der Waals surface area contributed by atoms with Gasteiger partial charge in [0.25, 0.3) is 5.91 Å². The maximum Gasteiger partial charge on any atom is 0.253 e. The second kappa shape index (κ2) is 9.93. The van der Waals surface area contributed by atoms with Crippen LogP contribution in [-0.2, 0) is 14.8 Å². The van der Waals surface area contributed by atoms with Crippen molar-refractivity contribution in [3.05, 3.63) is 54.1 Å². The molecule has 8 nitrogen and oxygen atoms in total. The largest absolute Gasteiger partial charge is 0.497 e. The Labute approximate surface area is 194 Å². The summed E-state index contributed by atoms with van der Waals surface area (Å²) in [5, 5.41) is 2.88. The van der Waals surface area contributed by atoms with Gasteiger partial charge in [-0.2, -0.15) is 4.31 Å². The molecule has 4 rings (SSSR count). The molecule has 0 aromatic heterocycles. The van der Waals surface area contributed by atoms with Gasteiger partial charge in [0.2, 0.25) is 15.9 Å². The van der Waals surface area contributed by atoms with Crippen molar-refractivity contribution in [3.8, 4) is 5.75 Å². The third-order valence-electron chi connectivity index (χ3n) is 6.22. The SMILES string of the molecule is COc1ccc(S(=O)(=O)N2CCCC(C(=O)Nc3cccc(C(=O)N4CCCC4)c3)C2)cc1. The first-order valence-electron chi connectivity index (χ1n) is 11.2. The number of carbonyl (C=O) groups excluding carboxylic acids is 2. The zero-order valence-electron chi connectivity index (χ0n) is 18.7. The number of carbonyl (C=O) groups is 2. The lowest BCUT2D eigenvalue weighted by atomic mass is 9.98. The van der Waals surface area contributed by atoms with Crippen LogP contribution in [0.1, 0.15) is 36.0 Å². The van der Waals surface area contributed by atoms with Crippen molar-refractivity contribution in [2.45, 2.75) is 30.6 Å². The highest BCUT2D eigenvalue weighted by molar-refractivity contribution is 7.89. The number of amides is 2. The minimum atomic E-state index is -3.71. The number of hydrogen-bond acceptors (Lipinski definition) is 5. The molecule has 1 N–H and O–H groups in total. The summed E-state index contributed by atoms with van der Waals surface area (Å²) >= 11 is 0. The second-order valence-electron chi connectivity index (χ2n) is 8.45. The molecule has 1 atom stereocenters. The number of sulfonamides is 1. The maximum absolute atomic E-state index is 13.1. The molecule has 2 amide bonds. The van der Waals surface area contributed by atoms with Gasteiger partial charge in [-0.1, -0.05) is 6.07 Å². The van der Waals surface area contributed by atoms with E-state index in [9.17, 15) is 18.0 Å². The predicted molar refractivity (Wildman–Crippen MR) is 125 cm³/mol. The molecule has 2 aliphatic heterocycles. The molecule has 0 spiro atoms. The smallest absolute Gasteiger partial charge is 0.253 e. The molecule has 2 aliphatic rings. The summed E-state index contributed by atoms with van der Waals surface area (Å²) in [7, 11) is -2.18. The van der Waals surface area contributed by atoms with E-state index in [1.807, 2.05) is 4.90 Å². The van der Waals surface area contributed by atoms with E-state index in [0.29, 0.717) is 36.4 Å². The van der Waals surface area contributed by atoms with Crippen molar-refractivity contribution < 1.29 is 22.7 Å². The standard InChI is InChI=1S/C24H29N3O5S/c1-32-21-9-11-22(12-10-21)33(30,31)27-15-5-7-19(17-27)23(28)25-20-8-4-6-18(16-20)24(29)26-13-2-3-14-26/h4,6,8-12,16,19H,2-3,5,7,13-15,17H2,1H3,(H,25,28). The van der Waals surface area contributed by atoms with Crippen LogP contribution in [-0.4, -0.2) is 62.7 Å². The molecular formula is C24H29N3O5S. The van der Waals surface area contributed by atoms with Crippen molar-refractivity contribution in [2.24, 2.45) is 5.92 Å². The predicted octanol–water partition coefficient (Wildman–Crippen LogP) is 2.97. The molecule has 1 unspecified atom stereocenters. The van der Waals surface area contributed by atoms with Gasteiger partial charge in [-0.3, -0.25) is 9.59 Å². The fourth-order valence-corrected chi connectivity index (χ4v) is 5.87. The highest BCUT2D eigenvalue weighted by Gasteiger charge is 2.33. The number of likely N-dealkylation sites (tertiary alicyclic amines) is 1. The molecule has 2 aromatic rings. The molecule has 0 radical (unpaired) electrons. The van der Waals surface area contributed by atoms with Crippen molar-refractivity contribution in [1.82, 2.24) is 9.21 Å². The number of hydrogen-bond donors (Lipinski definition) is 1. The summed E-state index contributed by atoms with van der Waals surface area (Å²) in [5.41, 5.74) is 1.09. The van der Waals surface area contributed by atoms with Gasteiger partial charge in [0.05, 0.1) is 17.9 Å². The summed E-state index contributed by atoms with van der Waals surface area (Å²) < 4.78 is 32.6. The topological polar surface area (TPSA) is 96.0 Å². The quantitative estimate of drug-likeness (QED) is 0.699. The molecule has 2 saturated heterocycles. The highest BCUT2D eigenvalue weighted by atomic mass is 32.2. The number of piperidine rings is 1. The summed E-state index contributed by atoms with van der Waals surface area (Å²) in [6, 6.07) is 13.2. The van der Waals surface area contributed by atoms with Gasteiger partial charge in [0, 0.05) is 37.4 Å². The Bertz CT molecular complexity index is 1110. The van der Waals surface area contributed by atoms with Crippen LogP contribution in [0.25, 0.3) is 0 Å². The van der Waals surface area contributed by atoms with Crippen LogP contribution in [0.5, 0.6) is 5.75 Å². The molecule has 176 valence electrons. The highest BCUT2D eigenvalue weighted by Crippen LogP contribution is 2.26. The zero-order chi connectivity index (χ0) is 23.4. The minimum absolute atomic E-state index is 0.0296. The molecule has 9 heteroatoms. The Hall–Kier alpha value is -2.91. The Morgan fingerprint density at radius 3 is 2.42 bits per heavy atom.